The van der Waals surface area contributed by atoms with Gasteiger partial charge in [0.15, 0.2) is 11.6 Å². The maximum atomic E-state index is 13.6. The van der Waals surface area contributed by atoms with Crippen LogP contribution in [0.25, 0.3) is 0 Å². The summed E-state index contributed by atoms with van der Waals surface area (Å²) in [7, 11) is 0. The van der Waals surface area contributed by atoms with E-state index in [2.05, 4.69) is 10.3 Å². The first-order valence-electron chi connectivity index (χ1n) is 5.58. The van der Waals surface area contributed by atoms with Gasteiger partial charge >= 0.3 is 6.18 Å². The van der Waals surface area contributed by atoms with Gasteiger partial charge in [-0.15, -0.1) is 12.4 Å². The van der Waals surface area contributed by atoms with Crippen LogP contribution in [0.2, 0.25) is 0 Å². The standard InChI is InChI=1S/C11H11F4N3.ClH/c12-8-1-7(11(13,14)15)2-17-9(8)18-5-10(6-18)3-16-4-10;/h1-2,16H,3-6H2;1H. The predicted octanol–water partition coefficient (Wildman–Crippen LogP) is 2.07. The molecule has 8 heteroatoms. The van der Waals surface area contributed by atoms with Crippen molar-refractivity contribution in [1.82, 2.24) is 10.3 Å². The zero-order valence-corrected chi connectivity index (χ0v) is 10.6. The third kappa shape index (κ3) is 2.36. The minimum atomic E-state index is -4.56. The molecule has 2 aliphatic heterocycles. The molecule has 3 rings (SSSR count). The van der Waals surface area contributed by atoms with Gasteiger partial charge in [-0.1, -0.05) is 0 Å². The largest absolute Gasteiger partial charge is 0.417 e. The molecule has 1 aromatic rings. The van der Waals surface area contributed by atoms with Crippen LogP contribution in [-0.2, 0) is 6.18 Å². The molecule has 3 heterocycles. The molecule has 1 spiro atoms. The van der Waals surface area contributed by atoms with E-state index in [0.29, 0.717) is 25.4 Å². The van der Waals surface area contributed by atoms with E-state index in [4.69, 9.17) is 0 Å². The third-order valence-corrected chi connectivity index (χ3v) is 3.50. The average Bonchev–Trinajstić information content (AvgIpc) is 2.14. The molecule has 0 amide bonds. The van der Waals surface area contributed by atoms with E-state index in [1.165, 1.54) is 0 Å². The van der Waals surface area contributed by atoms with Gasteiger partial charge in [0, 0.05) is 37.8 Å². The van der Waals surface area contributed by atoms with Crippen LogP contribution in [0.15, 0.2) is 12.3 Å². The van der Waals surface area contributed by atoms with E-state index in [1.54, 1.807) is 4.90 Å². The minimum absolute atomic E-state index is 0. The van der Waals surface area contributed by atoms with Gasteiger partial charge < -0.3 is 10.2 Å². The Morgan fingerprint density at radius 3 is 2.32 bits per heavy atom. The van der Waals surface area contributed by atoms with Gasteiger partial charge in [0.05, 0.1) is 5.56 Å². The molecule has 3 nitrogen and oxygen atoms in total. The van der Waals surface area contributed by atoms with Crippen LogP contribution in [0.1, 0.15) is 5.56 Å². The second kappa shape index (κ2) is 4.49. The molecule has 19 heavy (non-hydrogen) atoms. The topological polar surface area (TPSA) is 28.2 Å². The normalized spacial score (nSPS) is 20.5. The quantitative estimate of drug-likeness (QED) is 0.805. The first-order chi connectivity index (χ1) is 8.40. The summed E-state index contributed by atoms with van der Waals surface area (Å²) in [6.45, 7) is 3.06. The van der Waals surface area contributed by atoms with Gasteiger partial charge in [-0.05, 0) is 6.07 Å². The molecule has 2 saturated heterocycles. The summed E-state index contributed by atoms with van der Waals surface area (Å²) < 4.78 is 50.7. The number of anilines is 1. The number of hydrogen-bond donors (Lipinski definition) is 1. The van der Waals surface area contributed by atoms with Crippen molar-refractivity contribution in [3.05, 3.63) is 23.6 Å². The van der Waals surface area contributed by atoms with Crippen LogP contribution in [0, 0.1) is 11.2 Å². The molecule has 0 saturated carbocycles. The van der Waals surface area contributed by atoms with Crippen molar-refractivity contribution in [2.75, 3.05) is 31.1 Å². The molecule has 0 aliphatic carbocycles. The van der Waals surface area contributed by atoms with Crippen LogP contribution in [0.4, 0.5) is 23.4 Å². The van der Waals surface area contributed by atoms with Gasteiger partial charge in [0.2, 0.25) is 0 Å². The Kier molecular flexibility index (Phi) is 3.38. The fourth-order valence-electron chi connectivity index (χ4n) is 2.43. The second-order valence-electron chi connectivity index (χ2n) is 4.99. The summed E-state index contributed by atoms with van der Waals surface area (Å²) in [6.07, 6.45) is -3.87. The highest BCUT2D eigenvalue weighted by Gasteiger charge is 2.48. The van der Waals surface area contributed by atoms with Crippen molar-refractivity contribution >= 4 is 18.2 Å². The number of hydrogen-bond acceptors (Lipinski definition) is 3. The molecule has 0 aromatic carbocycles. The lowest BCUT2D eigenvalue weighted by Crippen LogP contribution is -2.71. The summed E-state index contributed by atoms with van der Waals surface area (Å²) >= 11 is 0. The fraction of sp³-hybridized carbons (Fsp3) is 0.545. The molecule has 0 unspecified atom stereocenters. The van der Waals surface area contributed by atoms with Crippen molar-refractivity contribution in [1.29, 1.82) is 0 Å². The summed E-state index contributed by atoms with van der Waals surface area (Å²) in [5, 5.41) is 3.13. The Morgan fingerprint density at radius 2 is 1.89 bits per heavy atom. The lowest BCUT2D eigenvalue weighted by molar-refractivity contribution is -0.138. The van der Waals surface area contributed by atoms with E-state index < -0.39 is 17.6 Å². The number of nitrogens with one attached hydrogen (secondary N) is 1. The van der Waals surface area contributed by atoms with E-state index in [-0.39, 0.29) is 23.6 Å². The van der Waals surface area contributed by atoms with Crippen LogP contribution in [0.3, 0.4) is 0 Å². The van der Waals surface area contributed by atoms with Gasteiger partial charge in [-0.25, -0.2) is 9.37 Å². The number of pyridine rings is 1. The Hall–Kier alpha value is -1.08. The molecular weight excluding hydrogens is 286 g/mol. The van der Waals surface area contributed by atoms with Crippen molar-refractivity contribution < 1.29 is 17.6 Å². The van der Waals surface area contributed by atoms with E-state index >= 15 is 0 Å². The van der Waals surface area contributed by atoms with E-state index in [0.717, 1.165) is 13.1 Å². The first-order valence-corrected chi connectivity index (χ1v) is 5.58. The maximum Gasteiger partial charge on any atom is 0.417 e. The SMILES string of the molecule is Cl.Fc1cc(C(F)(F)F)cnc1N1CC2(CNC2)C1. The second-order valence-corrected chi connectivity index (χ2v) is 4.99. The van der Waals surface area contributed by atoms with Gasteiger partial charge in [0.25, 0.3) is 0 Å². The molecular formula is C11H12ClF4N3. The Bertz CT molecular complexity index is 479. The number of nitrogens with zero attached hydrogens (tertiary/aromatic N) is 2. The summed E-state index contributed by atoms with van der Waals surface area (Å²) in [5.41, 5.74) is -0.874. The Morgan fingerprint density at radius 1 is 1.26 bits per heavy atom. The van der Waals surface area contributed by atoms with Crippen molar-refractivity contribution in [3.8, 4) is 0 Å². The smallest absolute Gasteiger partial charge is 0.353 e. The third-order valence-electron chi connectivity index (χ3n) is 3.50. The molecule has 0 atom stereocenters. The minimum Gasteiger partial charge on any atom is -0.353 e. The van der Waals surface area contributed by atoms with Crippen molar-refractivity contribution in [2.24, 2.45) is 5.41 Å². The predicted molar refractivity (Wildman–Crippen MR) is 64.0 cm³/mol. The average molecular weight is 298 g/mol. The molecule has 2 fully saturated rings. The van der Waals surface area contributed by atoms with Crippen LogP contribution >= 0.6 is 12.4 Å². The highest BCUT2D eigenvalue weighted by atomic mass is 35.5. The van der Waals surface area contributed by atoms with Gasteiger partial charge in [-0.3, -0.25) is 0 Å². The number of alkyl halides is 3. The lowest BCUT2D eigenvalue weighted by Gasteiger charge is -2.56. The van der Waals surface area contributed by atoms with Crippen LogP contribution in [-0.4, -0.2) is 31.2 Å². The molecule has 1 N–H and O–H groups in total. The zero-order valence-electron chi connectivity index (χ0n) is 9.80. The fourth-order valence-corrected chi connectivity index (χ4v) is 2.43. The Balaban J connectivity index is 0.00000133. The molecule has 0 radical (unpaired) electrons. The first kappa shape index (κ1) is 14.3. The van der Waals surface area contributed by atoms with Crippen molar-refractivity contribution in [3.63, 3.8) is 0 Å². The highest BCUT2D eigenvalue weighted by Crippen LogP contribution is 2.38. The van der Waals surface area contributed by atoms with Crippen LogP contribution in [0.5, 0.6) is 0 Å². The van der Waals surface area contributed by atoms with Gasteiger partial charge in [0.1, 0.15) is 0 Å². The lowest BCUT2D eigenvalue weighted by atomic mass is 9.74. The molecule has 2 aliphatic rings. The van der Waals surface area contributed by atoms with Crippen LogP contribution < -0.4 is 10.2 Å². The number of aromatic nitrogens is 1. The highest BCUT2D eigenvalue weighted by molar-refractivity contribution is 5.85. The van der Waals surface area contributed by atoms with E-state index in [1.807, 2.05) is 0 Å². The maximum absolute atomic E-state index is 13.6. The van der Waals surface area contributed by atoms with Crippen molar-refractivity contribution in [2.45, 2.75) is 6.18 Å². The molecule has 0 bridgehead atoms. The summed E-state index contributed by atoms with van der Waals surface area (Å²) in [6, 6.07) is 0.506. The van der Waals surface area contributed by atoms with Gasteiger partial charge in [-0.2, -0.15) is 13.2 Å². The molecule has 1 aromatic heterocycles. The molecule has 106 valence electrons. The Labute approximate surface area is 113 Å². The monoisotopic (exact) mass is 297 g/mol. The van der Waals surface area contributed by atoms with E-state index in [9.17, 15) is 17.6 Å². The number of rotatable bonds is 1. The number of halogens is 5. The zero-order chi connectivity index (χ0) is 13.0. The summed E-state index contributed by atoms with van der Waals surface area (Å²) in [4.78, 5) is 5.28. The summed E-state index contributed by atoms with van der Waals surface area (Å²) in [5.74, 6) is -0.896.